The number of methoxy groups -OCH3 is 1. The van der Waals surface area contributed by atoms with Gasteiger partial charge in [0, 0.05) is 36.9 Å². The van der Waals surface area contributed by atoms with Crippen LogP contribution in [-0.2, 0) is 4.79 Å². The minimum absolute atomic E-state index is 0.0230. The largest absolute Gasteiger partial charge is 0.497 e. The Hall–Kier alpha value is -3.80. The number of carbonyl (C=O) groups excluding carboxylic acids is 2. The Kier molecular flexibility index (Phi) is 9.28. The number of anilines is 1. The van der Waals surface area contributed by atoms with Crippen molar-refractivity contribution in [3.8, 4) is 5.75 Å². The molecule has 41 heavy (non-hydrogen) atoms. The highest BCUT2D eigenvalue weighted by atomic mass is 16.5. The lowest BCUT2D eigenvalue weighted by atomic mass is 9.77. The molecule has 1 N–H and O–H groups in total. The second kappa shape index (κ2) is 13.2. The summed E-state index contributed by atoms with van der Waals surface area (Å²) < 4.78 is 5.42. The Bertz CT molecular complexity index is 1330. The van der Waals surface area contributed by atoms with Crippen molar-refractivity contribution >= 4 is 17.5 Å². The molecule has 0 spiro atoms. The number of nitrogens with zero attached hydrogens (tertiary/aromatic N) is 2. The number of benzene rings is 3. The first-order chi connectivity index (χ1) is 20.0. The van der Waals surface area contributed by atoms with Gasteiger partial charge in [0.1, 0.15) is 5.75 Å². The summed E-state index contributed by atoms with van der Waals surface area (Å²) in [5.74, 6) is 0.285. The van der Waals surface area contributed by atoms with E-state index in [4.69, 9.17) is 4.74 Å². The lowest BCUT2D eigenvalue weighted by Crippen LogP contribution is -2.52. The Morgan fingerprint density at radius 3 is 2.46 bits per heavy atom. The summed E-state index contributed by atoms with van der Waals surface area (Å²) in [7, 11) is 1.65. The van der Waals surface area contributed by atoms with Crippen LogP contribution in [0.2, 0.25) is 0 Å². The maximum atomic E-state index is 14.1. The molecular weight excluding hydrogens is 510 g/mol. The fraction of sp³-hybridized carbons (Fsp3) is 0.429. The fourth-order valence-electron chi connectivity index (χ4n) is 6.64. The van der Waals surface area contributed by atoms with E-state index >= 15 is 0 Å². The van der Waals surface area contributed by atoms with Crippen LogP contribution in [0.25, 0.3) is 0 Å². The van der Waals surface area contributed by atoms with Gasteiger partial charge in [-0.05, 0) is 80.1 Å². The van der Waals surface area contributed by atoms with E-state index in [-0.39, 0.29) is 23.9 Å². The number of rotatable bonds is 10. The fourth-order valence-corrected chi connectivity index (χ4v) is 6.64. The Labute approximate surface area is 244 Å². The second-order valence-electron chi connectivity index (χ2n) is 11.4. The van der Waals surface area contributed by atoms with Gasteiger partial charge in [0.05, 0.1) is 19.1 Å². The highest BCUT2D eigenvalue weighted by Crippen LogP contribution is 2.46. The molecule has 216 valence electrons. The lowest BCUT2D eigenvalue weighted by Gasteiger charge is -2.46. The topological polar surface area (TPSA) is 61.9 Å². The maximum Gasteiger partial charge on any atom is 0.254 e. The molecule has 3 aromatic carbocycles. The zero-order valence-electron chi connectivity index (χ0n) is 24.6. The van der Waals surface area contributed by atoms with Crippen LogP contribution < -0.4 is 15.0 Å². The monoisotopic (exact) mass is 553 g/mol. The van der Waals surface area contributed by atoms with Gasteiger partial charge in [-0.25, -0.2) is 0 Å². The summed E-state index contributed by atoms with van der Waals surface area (Å²) in [5.41, 5.74) is 4.89. The van der Waals surface area contributed by atoms with E-state index in [0.29, 0.717) is 12.1 Å². The zero-order chi connectivity index (χ0) is 28.8. The normalized spacial score (nSPS) is 19.0. The summed E-state index contributed by atoms with van der Waals surface area (Å²) in [6.07, 6.45) is 6.19. The maximum absolute atomic E-state index is 14.1. The standard InChI is InChI=1S/C35H43N3O3/c1-4-37(28-15-10-12-25(2)24-28)23-11-22-36-34(39)32-30-16-8-9-17-31(30)35(40)38(27-13-6-5-7-14-27)33(32)26-18-20-29(41-3)21-19-26/h8-10,12,15-21,24,27,32-33H,4-7,11,13-14,22-23H2,1-3H3,(H,36,39)/t32-,33-/m1/s1. The summed E-state index contributed by atoms with van der Waals surface area (Å²) in [4.78, 5) is 32.6. The molecule has 1 heterocycles. The summed E-state index contributed by atoms with van der Waals surface area (Å²) in [6, 6.07) is 23.9. The number of fused-ring (bicyclic) bond motifs is 1. The summed E-state index contributed by atoms with van der Waals surface area (Å²) in [5, 5.41) is 3.27. The van der Waals surface area contributed by atoms with Crippen LogP contribution in [0.1, 0.15) is 84.5 Å². The predicted octanol–water partition coefficient (Wildman–Crippen LogP) is 6.65. The molecule has 1 saturated carbocycles. The molecular formula is C35H43N3O3. The zero-order valence-corrected chi connectivity index (χ0v) is 24.6. The SMILES string of the molecule is CCN(CCCNC(=O)[C@@H]1c2ccccc2C(=O)N(C2CCCCC2)[C@@H]1c1ccc(OC)cc1)c1cccc(C)c1. The van der Waals surface area contributed by atoms with E-state index in [1.807, 2.05) is 53.4 Å². The van der Waals surface area contributed by atoms with Crippen molar-refractivity contribution in [3.05, 3.63) is 95.1 Å². The van der Waals surface area contributed by atoms with E-state index in [9.17, 15) is 9.59 Å². The quantitative estimate of drug-likeness (QED) is 0.286. The third-order valence-corrected chi connectivity index (χ3v) is 8.74. The molecule has 0 aromatic heterocycles. The van der Waals surface area contributed by atoms with Crippen LogP contribution in [0.3, 0.4) is 0 Å². The molecule has 0 bridgehead atoms. The first-order valence-electron chi connectivity index (χ1n) is 15.2. The molecule has 1 aliphatic carbocycles. The van der Waals surface area contributed by atoms with Crippen LogP contribution in [-0.4, -0.2) is 49.5 Å². The van der Waals surface area contributed by atoms with Gasteiger partial charge in [0.15, 0.2) is 0 Å². The Morgan fingerprint density at radius 1 is 1.00 bits per heavy atom. The minimum Gasteiger partial charge on any atom is -0.497 e. The van der Waals surface area contributed by atoms with Gasteiger partial charge < -0.3 is 19.9 Å². The minimum atomic E-state index is -0.488. The summed E-state index contributed by atoms with van der Waals surface area (Å²) >= 11 is 0. The number of nitrogens with one attached hydrogen (secondary N) is 1. The van der Waals surface area contributed by atoms with Crippen molar-refractivity contribution < 1.29 is 14.3 Å². The molecule has 0 saturated heterocycles. The van der Waals surface area contributed by atoms with Crippen LogP contribution in [0.15, 0.2) is 72.8 Å². The van der Waals surface area contributed by atoms with E-state index in [2.05, 4.69) is 48.3 Å². The van der Waals surface area contributed by atoms with Gasteiger partial charge in [-0.3, -0.25) is 9.59 Å². The third-order valence-electron chi connectivity index (χ3n) is 8.74. The second-order valence-corrected chi connectivity index (χ2v) is 11.4. The van der Waals surface area contributed by atoms with Crippen molar-refractivity contribution in [1.82, 2.24) is 10.2 Å². The van der Waals surface area contributed by atoms with Gasteiger partial charge >= 0.3 is 0 Å². The average Bonchev–Trinajstić information content (AvgIpc) is 3.01. The first-order valence-corrected chi connectivity index (χ1v) is 15.2. The van der Waals surface area contributed by atoms with E-state index in [0.717, 1.165) is 62.1 Å². The summed E-state index contributed by atoms with van der Waals surface area (Å²) in [6.45, 7) is 6.62. The van der Waals surface area contributed by atoms with Gasteiger partial charge in [0.25, 0.3) is 5.91 Å². The number of aryl methyl sites for hydroxylation is 1. The molecule has 5 rings (SSSR count). The third kappa shape index (κ3) is 6.27. The highest BCUT2D eigenvalue weighted by Gasteiger charge is 2.46. The first kappa shape index (κ1) is 28.7. The number of carbonyl (C=O) groups is 2. The van der Waals surface area contributed by atoms with Gasteiger partial charge in [-0.15, -0.1) is 0 Å². The van der Waals surface area contributed by atoms with E-state index in [1.165, 1.54) is 17.7 Å². The molecule has 1 fully saturated rings. The molecule has 2 aliphatic rings. The number of hydrogen-bond acceptors (Lipinski definition) is 4. The van der Waals surface area contributed by atoms with Crippen molar-refractivity contribution in [1.29, 1.82) is 0 Å². The van der Waals surface area contributed by atoms with Crippen LogP contribution in [0.4, 0.5) is 5.69 Å². The highest BCUT2D eigenvalue weighted by molar-refractivity contribution is 6.01. The van der Waals surface area contributed by atoms with E-state index in [1.54, 1.807) is 7.11 Å². The molecule has 0 unspecified atom stereocenters. The molecule has 2 amide bonds. The number of hydrogen-bond donors (Lipinski definition) is 1. The Balaban J connectivity index is 1.41. The predicted molar refractivity (Wildman–Crippen MR) is 165 cm³/mol. The molecule has 0 radical (unpaired) electrons. The van der Waals surface area contributed by atoms with Gasteiger partial charge in [-0.1, -0.05) is 61.7 Å². The van der Waals surface area contributed by atoms with Crippen molar-refractivity contribution in [2.75, 3.05) is 31.6 Å². The van der Waals surface area contributed by atoms with Gasteiger partial charge in [0.2, 0.25) is 5.91 Å². The molecule has 6 nitrogen and oxygen atoms in total. The molecule has 1 aliphatic heterocycles. The van der Waals surface area contributed by atoms with Crippen molar-refractivity contribution in [3.63, 3.8) is 0 Å². The molecule has 6 heteroatoms. The average molecular weight is 554 g/mol. The smallest absolute Gasteiger partial charge is 0.254 e. The number of ether oxygens (including phenoxy) is 1. The molecule has 2 atom stereocenters. The van der Waals surface area contributed by atoms with Crippen LogP contribution in [0.5, 0.6) is 5.75 Å². The van der Waals surface area contributed by atoms with Crippen LogP contribution >= 0.6 is 0 Å². The van der Waals surface area contributed by atoms with Crippen LogP contribution in [0, 0.1) is 6.92 Å². The lowest BCUT2D eigenvalue weighted by molar-refractivity contribution is -0.124. The van der Waals surface area contributed by atoms with Crippen molar-refractivity contribution in [2.45, 2.75) is 70.4 Å². The Morgan fingerprint density at radius 2 is 1.76 bits per heavy atom. The van der Waals surface area contributed by atoms with Gasteiger partial charge in [-0.2, -0.15) is 0 Å². The van der Waals surface area contributed by atoms with Crippen molar-refractivity contribution in [2.24, 2.45) is 0 Å². The molecule has 3 aromatic rings. The van der Waals surface area contributed by atoms with E-state index < -0.39 is 5.92 Å². The number of amides is 2.